The summed E-state index contributed by atoms with van der Waals surface area (Å²) in [6, 6.07) is 3.34. The molecule has 116 valence electrons. The van der Waals surface area contributed by atoms with Crippen LogP contribution in [-0.2, 0) is 16.1 Å². The zero-order valence-electron chi connectivity index (χ0n) is 12.0. The van der Waals surface area contributed by atoms with Crippen LogP contribution in [-0.4, -0.2) is 54.8 Å². The first-order valence-electron chi connectivity index (χ1n) is 7.10. The Bertz CT molecular complexity index is 523. The number of pyridine rings is 1. The summed E-state index contributed by atoms with van der Waals surface area (Å²) in [6.07, 6.45) is 1.92. The van der Waals surface area contributed by atoms with Crippen LogP contribution in [0.5, 0.6) is 5.75 Å². The molecule has 21 heavy (non-hydrogen) atoms. The molecule has 2 N–H and O–H groups in total. The first-order chi connectivity index (χ1) is 10.2. The van der Waals surface area contributed by atoms with E-state index >= 15 is 0 Å². The SMILES string of the molecule is NCCn1cccc(OCCC(=O)N2CCOCC2)c1=O. The molecule has 0 aliphatic carbocycles. The molecular formula is C14H21N3O4. The maximum Gasteiger partial charge on any atom is 0.292 e. The molecular weight excluding hydrogens is 274 g/mol. The van der Waals surface area contributed by atoms with Gasteiger partial charge in [-0.15, -0.1) is 0 Å². The highest BCUT2D eigenvalue weighted by Gasteiger charge is 2.16. The molecule has 1 aromatic rings. The molecule has 1 aliphatic heterocycles. The second-order valence-corrected chi connectivity index (χ2v) is 4.75. The molecule has 1 fully saturated rings. The predicted octanol–water partition coefficient (Wildman–Crippen LogP) is -0.565. The smallest absolute Gasteiger partial charge is 0.292 e. The molecule has 2 heterocycles. The van der Waals surface area contributed by atoms with E-state index in [0.29, 0.717) is 39.4 Å². The minimum Gasteiger partial charge on any atom is -0.487 e. The Hall–Kier alpha value is -1.86. The Morgan fingerprint density at radius 2 is 2.14 bits per heavy atom. The monoisotopic (exact) mass is 295 g/mol. The van der Waals surface area contributed by atoms with Crippen LogP contribution in [0.25, 0.3) is 0 Å². The van der Waals surface area contributed by atoms with Crippen LogP contribution in [0.1, 0.15) is 6.42 Å². The van der Waals surface area contributed by atoms with E-state index in [4.69, 9.17) is 15.2 Å². The van der Waals surface area contributed by atoms with Crippen LogP contribution in [0, 0.1) is 0 Å². The average molecular weight is 295 g/mol. The maximum absolute atomic E-state index is 12.0. The number of carbonyl (C=O) groups excluding carboxylic acids is 1. The van der Waals surface area contributed by atoms with Gasteiger partial charge in [-0.1, -0.05) is 0 Å². The second-order valence-electron chi connectivity index (χ2n) is 4.75. The molecule has 1 saturated heterocycles. The van der Waals surface area contributed by atoms with Crippen LogP contribution in [0.3, 0.4) is 0 Å². The Balaban J connectivity index is 1.84. The Morgan fingerprint density at radius 1 is 1.38 bits per heavy atom. The third-order valence-corrected chi connectivity index (χ3v) is 3.29. The highest BCUT2D eigenvalue weighted by atomic mass is 16.5. The molecule has 0 unspecified atom stereocenters. The standard InChI is InChI=1S/C14H21N3O4/c15-4-6-17-5-1-2-12(14(17)19)21-9-3-13(18)16-7-10-20-11-8-16/h1-2,5H,3-4,6-11,15H2. The first kappa shape index (κ1) is 15.5. The summed E-state index contributed by atoms with van der Waals surface area (Å²) >= 11 is 0. The van der Waals surface area contributed by atoms with Crippen molar-refractivity contribution in [1.82, 2.24) is 9.47 Å². The van der Waals surface area contributed by atoms with Gasteiger partial charge < -0.3 is 24.7 Å². The van der Waals surface area contributed by atoms with E-state index in [0.717, 1.165) is 0 Å². The van der Waals surface area contributed by atoms with E-state index in [9.17, 15) is 9.59 Å². The number of ether oxygens (including phenoxy) is 2. The van der Waals surface area contributed by atoms with Gasteiger partial charge in [0.15, 0.2) is 5.75 Å². The Labute approximate surface area is 123 Å². The van der Waals surface area contributed by atoms with Gasteiger partial charge in [0.05, 0.1) is 26.2 Å². The quantitative estimate of drug-likeness (QED) is 0.760. The van der Waals surface area contributed by atoms with Gasteiger partial charge in [0.2, 0.25) is 5.91 Å². The predicted molar refractivity (Wildman–Crippen MR) is 77.3 cm³/mol. The fourth-order valence-corrected chi connectivity index (χ4v) is 2.16. The van der Waals surface area contributed by atoms with E-state index in [1.54, 1.807) is 23.2 Å². The minimum absolute atomic E-state index is 0.0246. The van der Waals surface area contributed by atoms with E-state index in [1.807, 2.05) is 0 Å². The molecule has 1 amide bonds. The number of aromatic nitrogens is 1. The molecule has 0 aromatic carbocycles. The van der Waals surface area contributed by atoms with Crippen LogP contribution in [0.15, 0.2) is 23.1 Å². The van der Waals surface area contributed by atoms with E-state index < -0.39 is 0 Å². The number of nitrogens with two attached hydrogens (primary N) is 1. The van der Waals surface area contributed by atoms with Crippen LogP contribution >= 0.6 is 0 Å². The maximum atomic E-state index is 12.0. The summed E-state index contributed by atoms with van der Waals surface area (Å²) in [5.74, 6) is 0.275. The van der Waals surface area contributed by atoms with Gasteiger partial charge in [-0.25, -0.2) is 0 Å². The Morgan fingerprint density at radius 3 is 2.86 bits per heavy atom. The lowest BCUT2D eigenvalue weighted by molar-refractivity contribution is -0.135. The molecule has 7 heteroatoms. The molecule has 7 nitrogen and oxygen atoms in total. The number of carbonyl (C=O) groups is 1. The lowest BCUT2D eigenvalue weighted by atomic mass is 10.3. The second kappa shape index (κ2) is 7.80. The number of nitrogens with zero attached hydrogens (tertiary/aromatic N) is 2. The number of rotatable bonds is 6. The summed E-state index contributed by atoms with van der Waals surface area (Å²) in [5.41, 5.74) is 5.22. The molecule has 2 rings (SSSR count). The number of hydrogen-bond acceptors (Lipinski definition) is 5. The Kier molecular flexibility index (Phi) is 5.77. The molecule has 1 aliphatic rings. The van der Waals surface area contributed by atoms with Crippen molar-refractivity contribution < 1.29 is 14.3 Å². The fourth-order valence-electron chi connectivity index (χ4n) is 2.16. The summed E-state index contributed by atoms with van der Waals surface area (Å²) < 4.78 is 12.1. The molecule has 0 saturated carbocycles. The van der Waals surface area contributed by atoms with Crippen molar-refractivity contribution in [2.75, 3.05) is 39.5 Å². The summed E-state index contributed by atoms with van der Waals surface area (Å²) in [4.78, 5) is 25.7. The zero-order chi connectivity index (χ0) is 15.1. The van der Waals surface area contributed by atoms with Crippen molar-refractivity contribution in [2.24, 2.45) is 5.73 Å². The van der Waals surface area contributed by atoms with Crippen molar-refractivity contribution in [3.63, 3.8) is 0 Å². The van der Waals surface area contributed by atoms with Gasteiger partial charge in [0.1, 0.15) is 0 Å². The number of hydrogen-bond donors (Lipinski definition) is 1. The highest BCUT2D eigenvalue weighted by Crippen LogP contribution is 2.04. The summed E-state index contributed by atoms with van der Waals surface area (Å²) in [7, 11) is 0. The molecule has 1 aromatic heterocycles. The van der Waals surface area contributed by atoms with Gasteiger partial charge in [-0.3, -0.25) is 9.59 Å². The van der Waals surface area contributed by atoms with Crippen molar-refractivity contribution in [3.8, 4) is 5.75 Å². The zero-order valence-corrected chi connectivity index (χ0v) is 12.0. The average Bonchev–Trinajstić information content (AvgIpc) is 2.52. The van der Waals surface area contributed by atoms with Crippen molar-refractivity contribution >= 4 is 5.91 Å². The van der Waals surface area contributed by atoms with Gasteiger partial charge in [0, 0.05) is 32.4 Å². The summed E-state index contributed by atoms with van der Waals surface area (Å²) in [6.45, 7) is 3.42. The molecule has 0 atom stereocenters. The van der Waals surface area contributed by atoms with Gasteiger partial charge >= 0.3 is 0 Å². The fraction of sp³-hybridized carbons (Fsp3) is 0.571. The van der Waals surface area contributed by atoms with Gasteiger partial charge in [-0.05, 0) is 12.1 Å². The van der Waals surface area contributed by atoms with Gasteiger partial charge in [0.25, 0.3) is 5.56 Å². The largest absolute Gasteiger partial charge is 0.487 e. The van der Waals surface area contributed by atoms with Crippen molar-refractivity contribution in [3.05, 3.63) is 28.7 Å². The number of amides is 1. The van der Waals surface area contributed by atoms with E-state index in [-0.39, 0.29) is 30.2 Å². The molecule has 0 bridgehead atoms. The lowest BCUT2D eigenvalue weighted by Gasteiger charge is -2.26. The first-order valence-corrected chi connectivity index (χ1v) is 7.10. The van der Waals surface area contributed by atoms with Gasteiger partial charge in [-0.2, -0.15) is 0 Å². The lowest BCUT2D eigenvalue weighted by Crippen LogP contribution is -2.41. The van der Waals surface area contributed by atoms with Crippen LogP contribution in [0.4, 0.5) is 0 Å². The third-order valence-electron chi connectivity index (χ3n) is 3.29. The summed E-state index contributed by atoms with van der Waals surface area (Å²) in [5, 5.41) is 0. The van der Waals surface area contributed by atoms with E-state index in [1.165, 1.54) is 4.57 Å². The topological polar surface area (TPSA) is 86.8 Å². The van der Waals surface area contributed by atoms with Crippen molar-refractivity contribution in [2.45, 2.75) is 13.0 Å². The minimum atomic E-state index is -0.221. The molecule has 0 spiro atoms. The number of morpholine rings is 1. The normalized spacial score (nSPS) is 15.0. The van der Waals surface area contributed by atoms with Crippen molar-refractivity contribution in [1.29, 1.82) is 0 Å². The molecule has 0 radical (unpaired) electrons. The third kappa shape index (κ3) is 4.30. The van der Waals surface area contributed by atoms with E-state index in [2.05, 4.69) is 0 Å². The van der Waals surface area contributed by atoms with Crippen LogP contribution < -0.4 is 16.0 Å². The highest BCUT2D eigenvalue weighted by molar-refractivity contribution is 5.76. The van der Waals surface area contributed by atoms with Crippen LogP contribution in [0.2, 0.25) is 0 Å².